The summed E-state index contributed by atoms with van der Waals surface area (Å²) in [5, 5.41) is 4.23. The van der Waals surface area contributed by atoms with E-state index in [0.717, 1.165) is 35.4 Å². The van der Waals surface area contributed by atoms with Crippen LogP contribution in [-0.2, 0) is 16.2 Å². The highest BCUT2D eigenvalue weighted by atomic mass is 35.5. The van der Waals surface area contributed by atoms with E-state index in [9.17, 15) is 9.59 Å². The van der Waals surface area contributed by atoms with Crippen LogP contribution in [0, 0.1) is 10.8 Å². The first-order chi connectivity index (χ1) is 17.5. The highest BCUT2D eigenvalue weighted by Crippen LogP contribution is 2.53. The summed E-state index contributed by atoms with van der Waals surface area (Å²) in [4.78, 5) is 27.4. The van der Waals surface area contributed by atoms with Gasteiger partial charge in [0.1, 0.15) is 6.61 Å². The third-order valence-electron chi connectivity index (χ3n) is 7.56. The SMILES string of the molecule is COc1cccc(C2C3=C(CC(C)(C)CC3=O)NC3=C2C(=O)CC(C)(C)C3)c1OCc1ccc(Cl)cc1. The van der Waals surface area contributed by atoms with E-state index in [1.165, 1.54) is 0 Å². The molecule has 0 amide bonds. The van der Waals surface area contributed by atoms with Crippen LogP contribution in [0.25, 0.3) is 0 Å². The van der Waals surface area contributed by atoms with Gasteiger partial charge in [-0.25, -0.2) is 0 Å². The Kier molecular flexibility index (Phi) is 6.47. The Labute approximate surface area is 223 Å². The number of para-hydroxylation sites is 1. The Hall–Kier alpha value is -3.05. The Morgan fingerprint density at radius 1 is 0.865 bits per heavy atom. The first kappa shape index (κ1) is 25.6. The summed E-state index contributed by atoms with van der Waals surface area (Å²) in [6.07, 6.45) is 2.39. The molecule has 0 unspecified atom stereocenters. The fourth-order valence-corrected chi connectivity index (χ4v) is 6.14. The topological polar surface area (TPSA) is 64.6 Å². The Balaban J connectivity index is 1.66. The van der Waals surface area contributed by atoms with Crippen molar-refractivity contribution in [3.63, 3.8) is 0 Å². The molecule has 0 atom stereocenters. The van der Waals surface area contributed by atoms with Crippen molar-refractivity contribution in [3.05, 3.63) is 81.2 Å². The number of ketones is 2. The van der Waals surface area contributed by atoms with Crippen molar-refractivity contribution in [2.45, 2.75) is 65.9 Å². The van der Waals surface area contributed by atoms with Gasteiger partial charge in [0, 0.05) is 51.9 Å². The summed E-state index contributed by atoms with van der Waals surface area (Å²) < 4.78 is 12.1. The third-order valence-corrected chi connectivity index (χ3v) is 7.81. The zero-order valence-corrected chi connectivity index (χ0v) is 22.9. The van der Waals surface area contributed by atoms with Crippen LogP contribution in [-0.4, -0.2) is 18.7 Å². The quantitative estimate of drug-likeness (QED) is 0.465. The summed E-state index contributed by atoms with van der Waals surface area (Å²) >= 11 is 6.06. The first-order valence-electron chi connectivity index (χ1n) is 12.8. The lowest BCUT2D eigenvalue weighted by molar-refractivity contribution is -0.119. The van der Waals surface area contributed by atoms with Gasteiger partial charge in [0.05, 0.1) is 7.11 Å². The van der Waals surface area contributed by atoms with Crippen molar-refractivity contribution in [2.75, 3.05) is 7.11 Å². The normalized spacial score (nSPS) is 20.8. The summed E-state index contributed by atoms with van der Waals surface area (Å²) in [6.45, 7) is 8.79. The molecule has 1 heterocycles. The standard InChI is InChI=1S/C31H34ClNO4/c1-30(2)13-21-27(23(34)15-30)26(28-22(33-21)14-31(3,4)16-24(28)35)20-7-6-8-25(36-5)29(20)37-17-18-9-11-19(32)12-10-18/h6-12,26,33H,13-17H2,1-5H3. The molecule has 5 rings (SSSR count). The number of carbonyl (C=O) groups is 2. The van der Waals surface area contributed by atoms with Crippen molar-refractivity contribution in [2.24, 2.45) is 10.8 Å². The Bertz CT molecular complexity index is 1280. The van der Waals surface area contributed by atoms with Gasteiger partial charge in [0.15, 0.2) is 23.1 Å². The van der Waals surface area contributed by atoms with Crippen molar-refractivity contribution in [1.29, 1.82) is 0 Å². The summed E-state index contributed by atoms with van der Waals surface area (Å²) in [7, 11) is 1.61. The van der Waals surface area contributed by atoms with E-state index in [2.05, 4.69) is 33.0 Å². The average Bonchev–Trinajstić information content (AvgIpc) is 2.80. The highest BCUT2D eigenvalue weighted by Gasteiger charge is 2.47. The van der Waals surface area contributed by atoms with Crippen LogP contribution >= 0.6 is 11.6 Å². The Morgan fingerprint density at radius 3 is 1.97 bits per heavy atom. The lowest BCUT2D eigenvalue weighted by atomic mass is 9.64. The van der Waals surface area contributed by atoms with Crippen LogP contribution < -0.4 is 14.8 Å². The number of nitrogens with one attached hydrogen (secondary N) is 1. The summed E-state index contributed by atoms with van der Waals surface area (Å²) in [5.41, 5.74) is 4.69. The third kappa shape index (κ3) is 4.94. The molecule has 2 aromatic carbocycles. The maximum Gasteiger partial charge on any atom is 0.165 e. The largest absolute Gasteiger partial charge is 0.493 e. The van der Waals surface area contributed by atoms with Crippen molar-refractivity contribution < 1.29 is 19.1 Å². The molecule has 3 aliphatic rings. The molecule has 0 aromatic heterocycles. The van der Waals surface area contributed by atoms with Crippen LogP contribution in [0.4, 0.5) is 0 Å². The number of methoxy groups -OCH3 is 1. The smallest absolute Gasteiger partial charge is 0.165 e. The van der Waals surface area contributed by atoms with Crippen molar-refractivity contribution >= 4 is 23.2 Å². The van der Waals surface area contributed by atoms with E-state index in [-0.39, 0.29) is 22.4 Å². The molecule has 6 heteroatoms. The van der Waals surface area contributed by atoms with Gasteiger partial charge in [-0.1, -0.05) is 63.6 Å². The van der Waals surface area contributed by atoms with Gasteiger partial charge >= 0.3 is 0 Å². The van der Waals surface area contributed by atoms with Crippen LogP contribution in [0.15, 0.2) is 65.0 Å². The second kappa shape index (κ2) is 9.36. The zero-order valence-electron chi connectivity index (χ0n) is 22.2. The first-order valence-corrected chi connectivity index (χ1v) is 13.2. The molecule has 0 radical (unpaired) electrons. The fraction of sp³-hybridized carbons (Fsp3) is 0.419. The number of rotatable bonds is 5. The van der Waals surface area contributed by atoms with Crippen LogP contribution in [0.3, 0.4) is 0 Å². The van der Waals surface area contributed by atoms with E-state index in [1.54, 1.807) is 7.11 Å². The van der Waals surface area contributed by atoms with E-state index < -0.39 is 5.92 Å². The number of carbonyl (C=O) groups excluding carboxylic acids is 2. The van der Waals surface area contributed by atoms with Gasteiger partial charge in [0.2, 0.25) is 0 Å². The lowest BCUT2D eigenvalue weighted by Gasteiger charge is -2.44. The molecule has 1 aliphatic heterocycles. The maximum absolute atomic E-state index is 13.7. The molecule has 0 saturated carbocycles. The number of hydrogen-bond donors (Lipinski definition) is 1. The molecular formula is C31H34ClNO4. The van der Waals surface area contributed by atoms with Gasteiger partial charge in [-0.15, -0.1) is 0 Å². The van der Waals surface area contributed by atoms with Crippen molar-refractivity contribution in [3.8, 4) is 11.5 Å². The van der Waals surface area contributed by atoms with Crippen LogP contribution in [0.2, 0.25) is 5.02 Å². The van der Waals surface area contributed by atoms with E-state index in [1.807, 2.05) is 42.5 Å². The minimum Gasteiger partial charge on any atom is -0.493 e. The number of Topliss-reactive ketones (excluding diaryl/α,β-unsaturated/α-hetero) is 2. The van der Waals surface area contributed by atoms with Gasteiger partial charge in [0.25, 0.3) is 0 Å². The molecule has 2 aromatic rings. The maximum atomic E-state index is 13.7. The predicted molar refractivity (Wildman–Crippen MR) is 145 cm³/mol. The summed E-state index contributed by atoms with van der Waals surface area (Å²) in [6, 6.07) is 13.2. The van der Waals surface area contributed by atoms with Crippen LogP contribution in [0.5, 0.6) is 11.5 Å². The minimum absolute atomic E-state index is 0.0828. The molecule has 37 heavy (non-hydrogen) atoms. The molecule has 0 spiro atoms. The Morgan fingerprint density at radius 2 is 1.43 bits per heavy atom. The highest BCUT2D eigenvalue weighted by molar-refractivity contribution is 6.30. The second-order valence-electron chi connectivity index (χ2n) is 12.0. The molecule has 0 fully saturated rings. The number of benzene rings is 2. The van der Waals surface area contributed by atoms with E-state index in [4.69, 9.17) is 21.1 Å². The predicted octanol–water partition coefficient (Wildman–Crippen LogP) is 6.90. The molecule has 194 valence electrons. The molecule has 5 nitrogen and oxygen atoms in total. The molecule has 1 N–H and O–H groups in total. The average molecular weight is 520 g/mol. The number of dihydropyridines is 1. The van der Waals surface area contributed by atoms with Crippen LogP contribution in [0.1, 0.15) is 70.4 Å². The van der Waals surface area contributed by atoms with E-state index >= 15 is 0 Å². The van der Waals surface area contributed by atoms with Gasteiger partial charge < -0.3 is 14.8 Å². The molecular weight excluding hydrogens is 486 g/mol. The number of halogens is 1. The van der Waals surface area contributed by atoms with E-state index in [0.29, 0.717) is 47.1 Å². The van der Waals surface area contributed by atoms with Gasteiger partial charge in [-0.3, -0.25) is 9.59 Å². The minimum atomic E-state index is -0.492. The van der Waals surface area contributed by atoms with Gasteiger partial charge in [-0.05, 0) is 47.4 Å². The fourth-order valence-electron chi connectivity index (χ4n) is 6.01. The number of hydrogen-bond acceptors (Lipinski definition) is 5. The lowest BCUT2D eigenvalue weighted by Crippen LogP contribution is -2.42. The van der Waals surface area contributed by atoms with Crippen molar-refractivity contribution in [1.82, 2.24) is 5.32 Å². The second-order valence-corrected chi connectivity index (χ2v) is 12.5. The monoisotopic (exact) mass is 519 g/mol. The van der Waals surface area contributed by atoms with Gasteiger partial charge in [-0.2, -0.15) is 0 Å². The molecule has 0 bridgehead atoms. The molecule has 0 saturated heterocycles. The number of allylic oxidation sites excluding steroid dienone is 4. The molecule has 2 aliphatic carbocycles. The summed E-state index contributed by atoms with van der Waals surface area (Å²) in [5.74, 6) is 0.801. The number of ether oxygens (including phenoxy) is 2. The zero-order chi connectivity index (χ0) is 26.5.